The average Bonchev–Trinajstić information content (AvgIpc) is 2.62. The number of hydrogen-bond acceptors (Lipinski definition) is 3. The molecule has 2 aromatic carbocycles. The number of imide groups is 1. The molecular weight excluding hydrogens is 318 g/mol. The number of carboxylic acid groups (broad SMARTS) is 1. The fourth-order valence-corrected chi connectivity index (χ4v) is 3.13. The molecule has 2 amide bonds. The molecule has 1 aliphatic rings. The molecule has 1 heterocycles. The van der Waals surface area contributed by atoms with Crippen molar-refractivity contribution in [2.45, 2.75) is 38.3 Å². The highest BCUT2D eigenvalue weighted by Crippen LogP contribution is 2.23. The maximum Gasteiger partial charge on any atom is 0.414 e. The molecule has 0 saturated carbocycles. The molecular formula is C20H21NO4. The second-order valence-corrected chi connectivity index (χ2v) is 6.21. The predicted molar refractivity (Wildman–Crippen MR) is 93.4 cm³/mol. The summed E-state index contributed by atoms with van der Waals surface area (Å²) in [5.41, 5.74) is 2.10. The Balaban J connectivity index is 1.60. The number of likely N-dealkylation sites (tertiary alicyclic amines) is 1. The van der Waals surface area contributed by atoms with E-state index in [9.17, 15) is 14.7 Å². The first-order valence-corrected chi connectivity index (χ1v) is 8.44. The van der Waals surface area contributed by atoms with Crippen LogP contribution in [0, 0.1) is 0 Å². The van der Waals surface area contributed by atoms with Crippen LogP contribution in [0.5, 0.6) is 5.75 Å². The molecule has 25 heavy (non-hydrogen) atoms. The van der Waals surface area contributed by atoms with Gasteiger partial charge in [-0.15, -0.1) is 0 Å². The van der Waals surface area contributed by atoms with E-state index in [0.717, 1.165) is 28.2 Å². The van der Waals surface area contributed by atoms with Crippen molar-refractivity contribution in [2.24, 2.45) is 0 Å². The molecule has 5 heteroatoms. The number of carbonyl (C=O) groups is 2. The Hall–Kier alpha value is -2.82. The van der Waals surface area contributed by atoms with E-state index in [0.29, 0.717) is 25.9 Å². The molecule has 1 aliphatic heterocycles. The first-order chi connectivity index (χ1) is 12.1. The number of nitrogens with zero attached hydrogens (tertiary/aromatic N) is 1. The van der Waals surface area contributed by atoms with Gasteiger partial charge in [0.25, 0.3) is 0 Å². The van der Waals surface area contributed by atoms with E-state index in [1.165, 1.54) is 0 Å². The summed E-state index contributed by atoms with van der Waals surface area (Å²) in [6.45, 7) is 0.504. The maximum absolute atomic E-state index is 11.8. The normalized spacial score (nSPS) is 17.4. The zero-order chi connectivity index (χ0) is 17.6. The number of hydrogen-bond donors (Lipinski definition) is 1. The fraction of sp³-hybridized carbons (Fsp3) is 0.300. The fourth-order valence-electron chi connectivity index (χ4n) is 3.13. The van der Waals surface area contributed by atoms with Gasteiger partial charge in [0.05, 0.1) is 0 Å². The SMILES string of the molecule is O=C(O)N1C(=O)CCCC1Cc1ccc(OCc2ccccc2)cc1. The average molecular weight is 339 g/mol. The van der Waals surface area contributed by atoms with Crippen LogP contribution in [0.4, 0.5) is 4.79 Å². The van der Waals surface area contributed by atoms with Crippen molar-refractivity contribution in [2.75, 3.05) is 0 Å². The number of amides is 2. The second kappa shape index (κ2) is 7.83. The molecule has 3 rings (SSSR count). The van der Waals surface area contributed by atoms with Crippen molar-refractivity contribution in [3.63, 3.8) is 0 Å². The third kappa shape index (κ3) is 4.38. The lowest BCUT2D eigenvalue weighted by molar-refractivity contribution is -0.133. The van der Waals surface area contributed by atoms with Crippen LogP contribution in [0.2, 0.25) is 0 Å². The van der Waals surface area contributed by atoms with Crippen molar-refractivity contribution in [3.8, 4) is 5.75 Å². The van der Waals surface area contributed by atoms with E-state index in [-0.39, 0.29) is 11.9 Å². The minimum atomic E-state index is -1.16. The van der Waals surface area contributed by atoms with Gasteiger partial charge in [-0.1, -0.05) is 42.5 Å². The van der Waals surface area contributed by atoms with Crippen molar-refractivity contribution >= 4 is 12.0 Å². The molecule has 1 N–H and O–H groups in total. The molecule has 0 aliphatic carbocycles. The van der Waals surface area contributed by atoms with Crippen LogP contribution in [0.15, 0.2) is 54.6 Å². The topological polar surface area (TPSA) is 66.8 Å². The molecule has 1 fully saturated rings. The Morgan fingerprint density at radius 2 is 1.80 bits per heavy atom. The Kier molecular flexibility index (Phi) is 5.33. The molecule has 2 aromatic rings. The number of ether oxygens (including phenoxy) is 1. The Morgan fingerprint density at radius 1 is 1.08 bits per heavy atom. The molecule has 130 valence electrons. The minimum absolute atomic E-state index is 0.283. The second-order valence-electron chi connectivity index (χ2n) is 6.21. The van der Waals surface area contributed by atoms with Gasteiger partial charge >= 0.3 is 6.09 Å². The largest absolute Gasteiger partial charge is 0.489 e. The smallest absolute Gasteiger partial charge is 0.414 e. The number of benzene rings is 2. The standard InChI is InChI=1S/C20H21NO4/c22-19-8-4-7-17(21(19)20(23)24)13-15-9-11-18(12-10-15)25-14-16-5-2-1-3-6-16/h1-3,5-6,9-12,17H,4,7-8,13-14H2,(H,23,24). The van der Waals surface area contributed by atoms with Crippen LogP contribution in [0.3, 0.4) is 0 Å². The summed E-state index contributed by atoms with van der Waals surface area (Å²) in [6, 6.07) is 17.3. The molecule has 0 radical (unpaired) electrons. The van der Waals surface area contributed by atoms with Crippen molar-refractivity contribution < 1.29 is 19.4 Å². The summed E-state index contributed by atoms with van der Waals surface area (Å²) < 4.78 is 5.75. The monoisotopic (exact) mass is 339 g/mol. The number of piperidine rings is 1. The molecule has 1 atom stereocenters. The number of carbonyl (C=O) groups excluding carboxylic acids is 1. The summed E-state index contributed by atoms with van der Waals surface area (Å²) in [6.07, 6.45) is 1.15. The third-order valence-corrected chi connectivity index (χ3v) is 4.41. The van der Waals surface area contributed by atoms with Gasteiger partial charge in [-0.3, -0.25) is 4.79 Å². The van der Waals surface area contributed by atoms with Crippen molar-refractivity contribution in [1.29, 1.82) is 0 Å². The quantitative estimate of drug-likeness (QED) is 0.898. The predicted octanol–water partition coefficient (Wildman–Crippen LogP) is 3.87. The molecule has 1 unspecified atom stereocenters. The zero-order valence-electron chi connectivity index (χ0n) is 13.9. The Labute approximate surface area is 146 Å². The first-order valence-electron chi connectivity index (χ1n) is 8.44. The first kappa shape index (κ1) is 17.0. The van der Waals surface area contributed by atoms with Gasteiger partial charge in [0.15, 0.2) is 0 Å². The lowest BCUT2D eigenvalue weighted by Crippen LogP contribution is -2.47. The highest BCUT2D eigenvalue weighted by Gasteiger charge is 2.32. The van der Waals surface area contributed by atoms with Gasteiger partial charge in [-0.25, -0.2) is 9.69 Å². The van der Waals surface area contributed by atoms with Gasteiger partial charge in [0, 0.05) is 12.5 Å². The molecule has 1 saturated heterocycles. The summed E-state index contributed by atoms with van der Waals surface area (Å²) in [7, 11) is 0. The Morgan fingerprint density at radius 3 is 2.48 bits per heavy atom. The van der Waals surface area contributed by atoms with Crippen LogP contribution in [0.25, 0.3) is 0 Å². The lowest BCUT2D eigenvalue weighted by Gasteiger charge is -2.31. The van der Waals surface area contributed by atoms with E-state index in [2.05, 4.69) is 0 Å². The van der Waals surface area contributed by atoms with E-state index in [1.54, 1.807) is 0 Å². The van der Waals surface area contributed by atoms with E-state index < -0.39 is 6.09 Å². The van der Waals surface area contributed by atoms with Gasteiger partial charge in [-0.2, -0.15) is 0 Å². The minimum Gasteiger partial charge on any atom is -0.489 e. The van der Waals surface area contributed by atoms with Gasteiger partial charge < -0.3 is 9.84 Å². The van der Waals surface area contributed by atoms with Gasteiger partial charge in [-0.05, 0) is 42.5 Å². The summed E-state index contributed by atoms with van der Waals surface area (Å²) >= 11 is 0. The summed E-state index contributed by atoms with van der Waals surface area (Å²) in [5, 5.41) is 9.26. The van der Waals surface area contributed by atoms with Crippen LogP contribution in [0.1, 0.15) is 30.4 Å². The van der Waals surface area contributed by atoms with E-state index >= 15 is 0 Å². The van der Waals surface area contributed by atoms with Crippen LogP contribution >= 0.6 is 0 Å². The van der Waals surface area contributed by atoms with Crippen LogP contribution in [-0.2, 0) is 17.8 Å². The van der Waals surface area contributed by atoms with E-state index in [4.69, 9.17) is 4.74 Å². The van der Waals surface area contributed by atoms with Crippen LogP contribution in [-0.4, -0.2) is 28.0 Å². The molecule has 5 nitrogen and oxygen atoms in total. The maximum atomic E-state index is 11.8. The highest BCUT2D eigenvalue weighted by molar-refractivity contribution is 5.92. The molecule has 0 bridgehead atoms. The van der Waals surface area contributed by atoms with E-state index in [1.807, 2.05) is 54.6 Å². The van der Waals surface area contributed by atoms with Crippen molar-refractivity contribution in [1.82, 2.24) is 4.90 Å². The summed E-state index contributed by atoms with van der Waals surface area (Å²) in [4.78, 5) is 24.1. The lowest BCUT2D eigenvalue weighted by atomic mass is 9.95. The van der Waals surface area contributed by atoms with Crippen LogP contribution < -0.4 is 4.74 Å². The van der Waals surface area contributed by atoms with Gasteiger partial charge in [0.1, 0.15) is 12.4 Å². The Bertz CT molecular complexity index is 727. The summed E-state index contributed by atoms with van der Waals surface area (Å²) in [5.74, 6) is 0.467. The molecule has 0 spiro atoms. The van der Waals surface area contributed by atoms with Crippen molar-refractivity contribution in [3.05, 3.63) is 65.7 Å². The zero-order valence-corrected chi connectivity index (χ0v) is 13.9. The highest BCUT2D eigenvalue weighted by atomic mass is 16.5. The third-order valence-electron chi connectivity index (χ3n) is 4.41. The van der Waals surface area contributed by atoms with Gasteiger partial charge in [0.2, 0.25) is 5.91 Å². The number of rotatable bonds is 5. The molecule has 0 aromatic heterocycles.